The maximum atomic E-state index is 6.22. The van der Waals surface area contributed by atoms with Gasteiger partial charge in [-0.3, -0.25) is 0 Å². The van der Waals surface area contributed by atoms with Crippen LogP contribution in [0.5, 0.6) is 0 Å². The smallest absolute Gasteiger partial charge is 0.144 e. The maximum absolute atomic E-state index is 6.22. The Hall–Kier alpha value is -1.43. The molecule has 0 unspecified atom stereocenters. The first kappa shape index (κ1) is 15.9. The fourth-order valence-corrected chi connectivity index (χ4v) is 2.62. The van der Waals surface area contributed by atoms with Crippen LogP contribution in [-0.4, -0.2) is 35.5 Å². The molecule has 0 N–H and O–H groups in total. The van der Waals surface area contributed by atoms with Crippen LogP contribution in [0.25, 0.3) is 11.3 Å². The van der Waals surface area contributed by atoms with Crippen LogP contribution in [0.15, 0.2) is 27.7 Å². The van der Waals surface area contributed by atoms with Crippen molar-refractivity contribution in [1.29, 1.82) is 0 Å². The van der Waals surface area contributed by atoms with Gasteiger partial charge in [0.15, 0.2) is 0 Å². The van der Waals surface area contributed by atoms with E-state index in [1.54, 1.807) is 36.4 Å². The zero-order valence-electron chi connectivity index (χ0n) is 11.7. The molecule has 0 spiro atoms. The van der Waals surface area contributed by atoms with Crippen molar-refractivity contribution in [1.82, 2.24) is 10.1 Å². The molecule has 0 atom stereocenters. The van der Waals surface area contributed by atoms with Crippen molar-refractivity contribution in [2.24, 2.45) is 4.99 Å². The molecule has 7 heteroatoms. The van der Waals surface area contributed by atoms with Gasteiger partial charge in [0.2, 0.25) is 0 Å². The van der Waals surface area contributed by atoms with Crippen molar-refractivity contribution < 1.29 is 4.52 Å². The van der Waals surface area contributed by atoms with Crippen LogP contribution in [-0.2, 0) is 0 Å². The van der Waals surface area contributed by atoms with Gasteiger partial charge in [-0.2, -0.15) is 0 Å². The Kier molecular flexibility index (Phi) is 4.98. The Balaban J connectivity index is 2.55. The van der Waals surface area contributed by atoms with Crippen LogP contribution in [0.1, 0.15) is 11.3 Å². The van der Waals surface area contributed by atoms with Crippen LogP contribution in [0.4, 0.5) is 0 Å². The van der Waals surface area contributed by atoms with Gasteiger partial charge in [-0.15, -0.1) is 0 Å². The summed E-state index contributed by atoms with van der Waals surface area (Å²) in [6.45, 7) is 1.77. The molecule has 0 radical (unpaired) electrons. The van der Waals surface area contributed by atoms with E-state index < -0.39 is 0 Å². The molecule has 0 bridgehead atoms. The largest absolute Gasteiger partial charge is 0.369 e. The molecular weight excluding hydrogens is 329 g/mol. The summed E-state index contributed by atoms with van der Waals surface area (Å²) in [6.07, 6.45) is 1.62. The lowest BCUT2D eigenvalue weighted by Gasteiger charge is -2.06. The highest BCUT2D eigenvalue weighted by molar-refractivity contribution is 7.80. The van der Waals surface area contributed by atoms with E-state index >= 15 is 0 Å². The quantitative estimate of drug-likeness (QED) is 0.476. The summed E-state index contributed by atoms with van der Waals surface area (Å²) in [5.41, 5.74) is 1.72. The first-order valence-corrected chi connectivity index (χ1v) is 7.24. The fourth-order valence-electron chi connectivity index (χ4n) is 1.75. The van der Waals surface area contributed by atoms with Gasteiger partial charge in [-0.25, -0.2) is 4.99 Å². The average Bonchev–Trinajstić information content (AvgIpc) is 2.78. The van der Waals surface area contributed by atoms with E-state index in [1.807, 2.05) is 14.1 Å². The number of benzene rings is 1. The SMILES string of the molecule is Cc1onc(-c2c(Cl)cccc2Cl)c1C(=S)N=CN(C)C. The fraction of sp³-hybridized carbons (Fsp3) is 0.214. The molecule has 2 rings (SSSR count). The molecule has 0 aliphatic carbocycles. The van der Waals surface area contributed by atoms with E-state index in [-0.39, 0.29) is 0 Å². The lowest BCUT2D eigenvalue weighted by molar-refractivity contribution is 0.399. The molecule has 1 heterocycles. The molecule has 0 aliphatic heterocycles. The highest BCUT2D eigenvalue weighted by Gasteiger charge is 2.22. The van der Waals surface area contributed by atoms with Crippen molar-refractivity contribution in [3.63, 3.8) is 0 Å². The zero-order chi connectivity index (χ0) is 15.6. The van der Waals surface area contributed by atoms with Gasteiger partial charge < -0.3 is 9.42 Å². The minimum absolute atomic E-state index is 0.369. The van der Waals surface area contributed by atoms with Gasteiger partial charge in [-0.05, 0) is 19.1 Å². The standard InChI is InChI=1S/C14H13Cl2N3OS/c1-8-11(14(21)17-7-19(2)3)13(18-20-8)12-9(15)5-4-6-10(12)16/h4-7H,1-3H3. The van der Waals surface area contributed by atoms with Gasteiger partial charge in [0.25, 0.3) is 0 Å². The van der Waals surface area contributed by atoms with Crippen LogP contribution in [0.3, 0.4) is 0 Å². The number of rotatable bonds is 3. The predicted molar refractivity (Wildman–Crippen MR) is 90.6 cm³/mol. The predicted octanol–water partition coefficient (Wildman–Crippen LogP) is 4.22. The van der Waals surface area contributed by atoms with Gasteiger partial charge in [0, 0.05) is 19.7 Å². The number of aromatic nitrogens is 1. The first-order valence-electron chi connectivity index (χ1n) is 6.07. The summed E-state index contributed by atoms with van der Waals surface area (Å²) in [6, 6.07) is 5.24. The number of hydrogen-bond acceptors (Lipinski definition) is 3. The van der Waals surface area contributed by atoms with Crippen LogP contribution in [0, 0.1) is 6.92 Å². The third-order valence-electron chi connectivity index (χ3n) is 2.68. The van der Waals surface area contributed by atoms with Gasteiger partial charge >= 0.3 is 0 Å². The monoisotopic (exact) mass is 341 g/mol. The summed E-state index contributed by atoms with van der Waals surface area (Å²) < 4.78 is 5.25. The van der Waals surface area contributed by atoms with E-state index in [4.69, 9.17) is 39.9 Å². The van der Waals surface area contributed by atoms with Gasteiger partial charge in [-0.1, -0.05) is 46.6 Å². The Labute approximate surface area is 138 Å². The normalized spacial score (nSPS) is 11.1. The molecule has 0 amide bonds. The molecule has 110 valence electrons. The average molecular weight is 342 g/mol. The number of hydrogen-bond donors (Lipinski definition) is 0. The molecule has 0 aliphatic rings. The Morgan fingerprint density at radius 2 is 1.95 bits per heavy atom. The summed E-state index contributed by atoms with van der Waals surface area (Å²) in [7, 11) is 3.72. The maximum Gasteiger partial charge on any atom is 0.144 e. The number of halogens is 2. The van der Waals surface area contributed by atoms with E-state index in [0.717, 1.165) is 0 Å². The van der Waals surface area contributed by atoms with Crippen molar-refractivity contribution in [2.45, 2.75) is 6.92 Å². The highest BCUT2D eigenvalue weighted by atomic mass is 35.5. The molecule has 0 fully saturated rings. The molecule has 1 aromatic carbocycles. The third kappa shape index (κ3) is 3.43. The molecule has 4 nitrogen and oxygen atoms in total. The van der Waals surface area contributed by atoms with Crippen LogP contribution >= 0.6 is 35.4 Å². The third-order valence-corrected chi connectivity index (χ3v) is 3.62. The second-order valence-electron chi connectivity index (χ2n) is 4.57. The van der Waals surface area contributed by atoms with Crippen molar-refractivity contribution in [2.75, 3.05) is 14.1 Å². The van der Waals surface area contributed by atoms with E-state index in [1.165, 1.54) is 0 Å². The summed E-state index contributed by atoms with van der Waals surface area (Å²) in [4.78, 5) is 6.38. The lowest BCUT2D eigenvalue weighted by Crippen LogP contribution is -2.10. The summed E-state index contributed by atoms with van der Waals surface area (Å²) in [5, 5.41) is 5.00. The molecule has 1 aromatic heterocycles. The minimum Gasteiger partial charge on any atom is -0.369 e. The molecule has 21 heavy (non-hydrogen) atoms. The van der Waals surface area contributed by atoms with Gasteiger partial charge in [0.05, 0.1) is 21.9 Å². The van der Waals surface area contributed by atoms with E-state index in [2.05, 4.69) is 10.1 Å². The summed E-state index contributed by atoms with van der Waals surface area (Å²) in [5.74, 6) is 0.571. The molecule has 0 saturated carbocycles. The Morgan fingerprint density at radius 3 is 2.52 bits per heavy atom. The van der Waals surface area contributed by atoms with Crippen LogP contribution < -0.4 is 0 Å². The highest BCUT2D eigenvalue weighted by Crippen LogP contribution is 2.37. The molecule has 0 saturated heterocycles. The number of nitrogens with zero attached hydrogens (tertiary/aromatic N) is 3. The van der Waals surface area contributed by atoms with Crippen molar-refractivity contribution in [3.05, 3.63) is 39.6 Å². The lowest BCUT2D eigenvalue weighted by atomic mass is 10.1. The van der Waals surface area contributed by atoms with Crippen molar-refractivity contribution >= 4 is 46.7 Å². The molecule has 2 aromatic rings. The number of thiocarbonyl (C=S) groups is 1. The second-order valence-corrected chi connectivity index (χ2v) is 5.77. The topological polar surface area (TPSA) is 41.6 Å². The van der Waals surface area contributed by atoms with E-state index in [0.29, 0.717) is 37.6 Å². The number of aliphatic imine (C=N–C) groups is 1. The van der Waals surface area contributed by atoms with Crippen LogP contribution in [0.2, 0.25) is 10.0 Å². The Bertz CT molecular complexity index is 690. The minimum atomic E-state index is 0.369. The number of aryl methyl sites for hydroxylation is 1. The second kappa shape index (κ2) is 6.56. The molecular formula is C14H13Cl2N3OS. The van der Waals surface area contributed by atoms with Gasteiger partial charge in [0.1, 0.15) is 16.4 Å². The Morgan fingerprint density at radius 1 is 1.33 bits per heavy atom. The van der Waals surface area contributed by atoms with Crippen molar-refractivity contribution in [3.8, 4) is 11.3 Å². The summed E-state index contributed by atoms with van der Waals surface area (Å²) >= 11 is 17.8. The zero-order valence-corrected chi connectivity index (χ0v) is 14.1. The van der Waals surface area contributed by atoms with E-state index in [9.17, 15) is 0 Å². The first-order chi connectivity index (χ1) is 9.91.